The van der Waals surface area contributed by atoms with Gasteiger partial charge in [0.1, 0.15) is 0 Å². The summed E-state index contributed by atoms with van der Waals surface area (Å²) >= 11 is 0. The zero-order valence-electron chi connectivity index (χ0n) is 12.4. The minimum Gasteiger partial charge on any atom is -0.370 e. The van der Waals surface area contributed by atoms with Crippen LogP contribution in [0.4, 0.5) is 5.69 Å². The van der Waals surface area contributed by atoms with Gasteiger partial charge in [0.2, 0.25) is 0 Å². The number of nitrogens with zero attached hydrogens (tertiary/aromatic N) is 2. The molecule has 0 spiro atoms. The molecule has 0 saturated heterocycles. The summed E-state index contributed by atoms with van der Waals surface area (Å²) in [5.74, 6) is -0.0709. The Kier molecular flexibility index (Phi) is 3.92. The molecule has 0 aliphatic carbocycles. The molecule has 21 heavy (non-hydrogen) atoms. The highest BCUT2D eigenvalue weighted by molar-refractivity contribution is 5.57. The summed E-state index contributed by atoms with van der Waals surface area (Å²) in [6.07, 6.45) is 2.32. The van der Waals surface area contributed by atoms with E-state index in [0.717, 1.165) is 25.1 Å². The minimum atomic E-state index is -0.0709. The van der Waals surface area contributed by atoms with Gasteiger partial charge in [-0.15, -0.1) is 0 Å². The molecule has 2 aromatic rings. The molecule has 1 unspecified atom stereocenters. The smallest absolute Gasteiger partial charge is 0.0887 e. The predicted octanol–water partition coefficient (Wildman–Crippen LogP) is 4.06. The first kappa shape index (κ1) is 13.7. The van der Waals surface area contributed by atoms with Crippen molar-refractivity contribution in [1.82, 2.24) is 0 Å². The first-order valence-corrected chi connectivity index (χ1v) is 7.57. The van der Waals surface area contributed by atoms with Crippen molar-refractivity contribution < 1.29 is 0 Å². The van der Waals surface area contributed by atoms with Gasteiger partial charge in [0.15, 0.2) is 0 Å². The normalized spacial score (nSPS) is 15.1. The lowest BCUT2D eigenvalue weighted by atomic mass is 9.96. The Bertz CT molecular complexity index is 655. The molecule has 0 saturated carbocycles. The van der Waals surface area contributed by atoms with E-state index in [2.05, 4.69) is 36.1 Å². The third-order valence-corrected chi connectivity index (χ3v) is 4.21. The van der Waals surface area contributed by atoms with E-state index >= 15 is 0 Å². The number of nitriles is 1. The van der Waals surface area contributed by atoms with Gasteiger partial charge in [-0.05, 0) is 37.0 Å². The summed E-state index contributed by atoms with van der Waals surface area (Å²) in [5, 5.41) is 9.53. The highest BCUT2D eigenvalue weighted by Gasteiger charge is 2.21. The minimum absolute atomic E-state index is 0.0709. The van der Waals surface area contributed by atoms with Crippen molar-refractivity contribution >= 4 is 5.69 Å². The van der Waals surface area contributed by atoms with Crippen LogP contribution in [0.3, 0.4) is 0 Å². The zero-order chi connectivity index (χ0) is 14.7. The number of aryl methyl sites for hydroxylation is 2. The monoisotopic (exact) mass is 276 g/mol. The average Bonchev–Trinajstić information content (AvgIpc) is 2.53. The fraction of sp³-hybridized carbons (Fsp3) is 0.316. The van der Waals surface area contributed by atoms with Gasteiger partial charge in [0.25, 0.3) is 0 Å². The molecule has 0 bridgehead atoms. The summed E-state index contributed by atoms with van der Waals surface area (Å²) in [4.78, 5) is 2.37. The third kappa shape index (κ3) is 2.92. The molecular formula is C19H20N2. The molecule has 0 radical (unpaired) electrons. The Labute approximate surface area is 126 Å². The average molecular weight is 276 g/mol. The molecule has 2 heteroatoms. The lowest BCUT2D eigenvalue weighted by Crippen LogP contribution is -2.33. The van der Waals surface area contributed by atoms with Crippen molar-refractivity contribution in [2.24, 2.45) is 0 Å². The van der Waals surface area contributed by atoms with E-state index in [0.29, 0.717) is 0 Å². The Morgan fingerprint density at radius 2 is 2.00 bits per heavy atom. The summed E-state index contributed by atoms with van der Waals surface area (Å²) < 4.78 is 0. The van der Waals surface area contributed by atoms with Gasteiger partial charge in [0, 0.05) is 18.8 Å². The summed E-state index contributed by atoms with van der Waals surface area (Å²) in [7, 11) is 0. The summed E-state index contributed by atoms with van der Waals surface area (Å²) in [5.41, 5.74) is 5.16. The quantitative estimate of drug-likeness (QED) is 0.845. The maximum atomic E-state index is 9.53. The third-order valence-electron chi connectivity index (χ3n) is 4.21. The van der Waals surface area contributed by atoms with Crippen LogP contribution < -0.4 is 4.90 Å². The topological polar surface area (TPSA) is 27.0 Å². The highest BCUT2D eigenvalue weighted by atomic mass is 15.1. The number of hydrogen-bond donors (Lipinski definition) is 0. The number of benzene rings is 2. The maximum Gasteiger partial charge on any atom is 0.0887 e. The largest absolute Gasteiger partial charge is 0.370 e. The van der Waals surface area contributed by atoms with Crippen LogP contribution in [-0.2, 0) is 6.42 Å². The standard InChI is InChI=1S/C19H20N2/c1-15-9-10-19-17(12-15)8-5-11-21(19)14-18(13-20)16-6-3-2-4-7-16/h2-4,6-7,9-10,12,18H,5,8,11,14H2,1H3. The molecule has 1 heterocycles. The van der Waals surface area contributed by atoms with Crippen molar-refractivity contribution in [3.8, 4) is 6.07 Å². The van der Waals surface area contributed by atoms with Gasteiger partial charge in [-0.1, -0.05) is 48.0 Å². The van der Waals surface area contributed by atoms with Crippen LogP contribution >= 0.6 is 0 Å². The number of hydrogen-bond acceptors (Lipinski definition) is 2. The molecule has 0 N–H and O–H groups in total. The molecule has 1 atom stereocenters. The van der Waals surface area contributed by atoms with E-state index in [4.69, 9.17) is 0 Å². The second-order valence-electron chi connectivity index (χ2n) is 5.77. The number of rotatable bonds is 3. The molecule has 0 aromatic heterocycles. The Hall–Kier alpha value is -2.27. The van der Waals surface area contributed by atoms with E-state index < -0.39 is 0 Å². The number of anilines is 1. The SMILES string of the molecule is Cc1ccc2c(c1)CCCN2CC(C#N)c1ccccc1. The van der Waals surface area contributed by atoms with Crippen molar-refractivity contribution in [2.45, 2.75) is 25.7 Å². The van der Waals surface area contributed by atoms with Crippen LogP contribution in [-0.4, -0.2) is 13.1 Å². The van der Waals surface area contributed by atoms with Gasteiger partial charge in [0.05, 0.1) is 12.0 Å². The molecule has 1 aliphatic rings. The lowest BCUT2D eigenvalue weighted by molar-refractivity contribution is 0.666. The Morgan fingerprint density at radius 3 is 2.76 bits per heavy atom. The van der Waals surface area contributed by atoms with Crippen LogP contribution in [0.25, 0.3) is 0 Å². The number of fused-ring (bicyclic) bond motifs is 1. The molecule has 0 fully saturated rings. The lowest BCUT2D eigenvalue weighted by Gasteiger charge is -2.33. The molecule has 1 aliphatic heterocycles. The molecular weight excluding hydrogens is 256 g/mol. The van der Waals surface area contributed by atoms with Crippen LogP contribution in [0.1, 0.15) is 29.0 Å². The molecule has 0 amide bonds. The maximum absolute atomic E-state index is 9.53. The van der Waals surface area contributed by atoms with E-state index in [1.807, 2.05) is 30.3 Å². The van der Waals surface area contributed by atoms with E-state index in [1.165, 1.54) is 23.2 Å². The van der Waals surface area contributed by atoms with Crippen LogP contribution in [0.2, 0.25) is 0 Å². The second-order valence-corrected chi connectivity index (χ2v) is 5.77. The van der Waals surface area contributed by atoms with Crippen molar-refractivity contribution in [1.29, 1.82) is 5.26 Å². The molecule has 2 nitrogen and oxygen atoms in total. The fourth-order valence-electron chi connectivity index (χ4n) is 3.12. The van der Waals surface area contributed by atoms with Crippen LogP contribution in [0.15, 0.2) is 48.5 Å². The fourth-order valence-corrected chi connectivity index (χ4v) is 3.12. The van der Waals surface area contributed by atoms with E-state index in [1.54, 1.807) is 0 Å². The predicted molar refractivity (Wildman–Crippen MR) is 86.5 cm³/mol. The van der Waals surface area contributed by atoms with Crippen LogP contribution in [0.5, 0.6) is 0 Å². The summed E-state index contributed by atoms with van der Waals surface area (Å²) in [6.45, 7) is 3.96. The Balaban J connectivity index is 1.84. The van der Waals surface area contributed by atoms with Gasteiger partial charge in [-0.25, -0.2) is 0 Å². The Morgan fingerprint density at radius 1 is 1.19 bits per heavy atom. The van der Waals surface area contributed by atoms with Gasteiger partial charge >= 0.3 is 0 Å². The van der Waals surface area contributed by atoms with E-state index in [9.17, 15) is 5.26 Å². The van der Waals surface area contributed by atoms with Crippen LogP contribution in [0, 0.1) is 18.3 Å². The second kappa shape index (κ2) is 6.01. The first-order chi connectivity index (χ1) is 10.3. The molecule has 2 aromatic carbocycles. The molecule has 3 rings (SSSR count). The molecule has 106 valence electrons. The van der Waals surface area contributed by atoms with Gasteiger partial charge in [-0.3, -0.25) is 0 Å². The van der Waals surface area contributed by atoms with Gasteiger partial charge < -0.3 is 4.90 Å². The van der Waals surface area contributed by atoms with Gasteiger partial charge in [-0.2, -0.15) is 5.26 Å². The highest BCUT2D eigenvalue weighted by Crippen LogP contribution is 2.30. The zero-order valence-corrected chi connectivity index (χ0v) is 12.4. The van der Waals surface area contributed by atoms with Crippen molar-refractivity contribution in [3.63, 3.8) is 0 Å². The van der Waals surface area contributed by atoms with E-state index in [-0.39, 0.29) is 5.92 Å². The van der Waals surface area contributed by atoms with Crippen molar-refractivity contribution in [3.05, 3.63) is 65.2 Å². The summed E-state index contributed by atoms with van der Waals surface area (Å²) in [6, 6.07) is 19.2. The van der Waals surface area contributed by atoms with Crippen molar-refractivity contribution in [2.75, 3.05) is 18.0 Å². The first-order valence-electron chi connectivity index (χ1n) is 7.57.